The standard InChI is InChI=1S/C14H19N3O.ClH/c1-11-9-17(6-5-16-11)10-12-3-4-13(8-15)14(7-12)18-2;/h3-4,7,11,16H,5-6,9-10H2,1-2H3;1H. The molecule has 1 fully saturated rings. The summed E-state index contributed by atoms with van der Waals surface area (Å²) in [6.45, 7) is 6.27. The normalized spacial score (nSPS) is 19.3. The highest BCUT2D eigenvalue weighted by Crippen LogP contribution is 2.20. The largest absolute Gasteiger partial charge is 0.495 e. The van der Waals surface area contributed by atoms with Gasteiger partial charge in [0, 0.05) is 32.2 Å². The summed E-state index contributed by atoms with van der Waals surface area (Å²) in [6.07, 6.45) is 0. The van der Waals surface area contributed by atoms with Crippen molar-refractivity contribution in [2.45, 2.75) is 19.5 Å². The molecule has 1 aromatic rings. The number of halogens is 1. The number of ether oxygens (including phenoxy) is 1. The van der Waals surface area contributed by atoms with Crippen molar-refractivity contribution >= 4 is 12.4 Å². The third-order valence-corrected chi connectivity index (χ3v) is 3.25. The monoisotopic (exact) mass is 281 g/mol. The Balaban J connectivity index is 0.00000180. The first-order chi connectivity index (χ1) is 8.72. The molecule has 1 saturated heterocycles. The Labute approximate surface area is 120 Å². The molecule has 0 bridgehead atoms. The summed E-state index contributed by atoms with van der Waals surface area (Å²) in [5, 5.41) is 12.4. The molecule has 1 N–H and O–H groups in total. The minimum Gasteiger partial charge on any atom is -0.495 e. The summed E-state index contributed by atoms with van der Waals surface area (Å²) in [4.78, 5) is 2.42. The molecule has 1 unspecified atom stereocenters. The van der Waals surface area contributed by atoms with Crippen LogP contribution in [0.15, 0.2) is 18.2 Å². The first kappa shape index (κ1) is 15.8. The van der Waals surface area contributed by atoms with Crippen molar-refractivity contribution in [2.75, 3.05) is 26.7 Å². The number of hydrogen-bond donors (Lipinski definition) is 1. The maximum absolute atomic E-state index is 8.95. The molecule has 4 nitrogen and oxygen atoms in total. The average molecular weight is 282 g/mol. The minimum absolute atomic E-state index is 0. The fourth-order valence-electron chi connectivity index (χ4n) is 2.34. The minimum atomic E-state index is 0. The average Bonchev–Trinajstić information content (AvgIpc) is 2.38. The highest BCUT2D eigenvalue weighted by molar-refractivity contribution is 5.85. The second kappa shape index (κ2) is 7.34. The third-order valence-electron chi connectivity index (χ3n) is 3.25. The maximum atomic E-state index is 8.95. The van der Waals surface area contributed by atoms with E-state index in [-0.39, 0.29) is 12.4 Å². The van der Waals surface area contributed by atoms with Crippen LogP contribution in [0.25, 0.3) is 0 Å². The van der Waals surface area contributed by atoms with Crippen molar-refractivity contribution in [3.63, 3.8) is 0 Å². The summed E-state index contributed by atoms with van der Waals surface area (Å²) in [6, 6.07) is 8.48. The molecule has 1 heterocycles. The summed E-state index contributed by atoms with van der Waals surface area (Å²) >= 11 is 0. The van der Waals surface area contributed by atoms with Crippen molar-refractivity contribution in [3.05, 3.63) is 29.3 Å². The molecule has 0 aliphatic carbocycles. The Morgan fingerprint density at radius 2 is 2.32 bits per heavy atom. The van der Waals surface area contributed by atoms with Gasteiger partial charge in [-0.1, -0.05) is 6.07 Å². The first-order valence-corrected chi connectivity index (χ1v) is 6.25. The van der Waals surface area contributed by atoms with Crippen LogP contribution in [0.4, 0.5) is 0 Å². The van der Waals surface area contributed by atoms with Crippen molar-refractivity contribution in [1.82, 2.24) is 10.2 Å². The van der Waals surface area contributed by atoms with E-state index in [9.17, 15) is 0 Å². The van der Waals surface area contributed by atoms with Crippen molar-refractivity contribution < 1.29 is 4.74 Å². The number of piperazine rings is 1. The second-order valence-corrected chi connectivity index (χ2v) is 4.74. The van der Waals surface area contributed by atoms with Gasteiger partial charge in [-0.15, -0.1) is 12.4 Å². The van der Waals surface area contributed by atoms with Crippen LogP contribution in [-0.2, 0) is 6.54 Å². The summed E-state index contributed by atoms with van der Waals surface area (Å²) < 4.78 is 5.23. The second-order valence-electron chi connectivity index (χ2n) is 4.74. The highest BCUT2D eigenvalue weighted by atomic mass is 35.5. The summed E-state index contributed by atoms with van der Waals surface area (Å²) in [5.74, 6) is 0.665. The summed E-state index contributed by atoms with van der Waals surface area (Å²) in [7, 11) is 1.60. The Bertz CT molecular complexity index is 458. The molecule has 0 amide bonds. The molecular weight excluding hydrogens is 262 g/mol. The smallest absolute Gasteiger partial charge is 0.136 e. The lowest BCUT2D eigenvalue weighted by atomic mass is 10.1. The van der Waals surface area contributed by atoms with Gasteiger partial charge in [-0.05, 0) is 24.6 Å². The van der Waals surface area contributed by atoms with E-state index in [1.807, 2.05) is 18.2 Å². The van der Waals surface area contributed by atoms with E-state index in [0.29, 0.717) is 17.4 Å². The van der Waals surface area contributed by atoms with E-state index in [4.69, 9.17) is 10.00 Å². The molecule has 104 valence electrons. The number of nitrogens with one attached hydrogen (secondary N) is 1. The van der Waals surface area contributed by atoms with Crippen molar-refractivity contribution in [1.29, 1.82) is 5.26 Å². The SMILES string of the molecule is COc1cc(CN2CCNC(C)C2)ccc1C#N.Cl. The maximum Gasteiger partial charge on any atom is 0.136 e. The fourth-order valence-corrected chi connectivity index (χ4v) is 2.34. The Hall–Kier alpha value is -1.28. The van der Waals surface area contributed by atoms with Crippen LogP contribution in [0.3, 0.4) is 0 Å². The Morgan fingerprint density at radius 3 is 2.95 bits per heavy atom. The topological polar surface area (TPSA) is 48.3 Å². The van der Waals surface area contributed by atoms with Gasteiger partial charge in [0.1, 0.15) is 11.8 Å². The number of hydrogen-bond acceptors (Lipinski definition) is 4. The Kier molecular flexibility index (Phi) is 6.10. The molecular formula is C14H20ClN3O. The molecule has 1 aromatic carbocycles. The molecule has 2 rings (SSSR count). The molecule has 0 saturated carbocycles. The van der Waals surface area contributed by atoms with Crippen LogP contribution >= 0.6 is 12.4 Å². The lowest BCUT2D eigenvalue weighted by Gasteiger charge is -2.31. The van der Waals surface area contributed by atoms with Gasteiger partial charge in [0.25, 0.3) is 0 Å². The van der Waals surface area contributed by atoms with Gasteiger partial charge in [0.15, 0.2) is 0 Å². The van der Waals surface area contributed by atoms with Gasteiger partial charge in [0.2, 0.25) is 0 Å². The van der Waals surface area contributed by atoms with Crippen molar-refractivity contribution in [2.24, 2.45) is 0 Å². The van der Waals surface area contributed by atoms with Crippen LogP contribution in [0.5, 0.6) is 5.75 Å². The lowest BCUT2D eigenvalue weighted by Crippen LogP contribution is -2.48. The zero-order valence-electron chi connectivity index (χ0n) is 11.3. The molecule has 1 atom stereocenters. The van der Waals surface area contributed by atoms with E-state index >= 15 is 0 Å². The predicted octanol–water partition coefficient (Wildman–Crippen LogP) is 1.78. The zero-order chi connectivity index (χ0) is 13.0. The van der Waals surface area contributed by atoms with Gasteiger partial charge in [0.05, 0.1) is 12.7 Å². The van der Waals surface area contributed by atoms with Gasteiger partial charge in [-0.25, -0.2) is 0 Å². The third kappa shape index (κ3) is 4.10. The molecule has 0 aromatic heterocycles. The highest BCUT2D eigenvalue weighted by Gasteiger charge is 2.16. The van der Waals surface area contributed by atoms with Crippen LogP contribution in [0.1, 0.15) is 18.1 Å². The van der Waals surface area contributed by atoms with Crippen LogP contribution < -0.4 is 10.1 Å². The van der Waals surface area contributed by atoms with Gasteiger partial charge in [-0.3, -0.25) is 4.90 Å². The molecule has 5 heteroatoms. The Morgan fingerprint density at radius 1 is 1.53 bits per heavy atom. The summed E-state index contributed by atoms with van der Waals surface area (Å²) in [5.41, 5.74) is 1.79. The first-order valence-electron chi connectivity index (χ1n) is 6.25. The van der Waals surface area contributed by atoms with E-state index in [2.05, 4.69) is 23.2 Å². The molecule has 1 aliphatic heterocycles. The van der Waals surface area contributed by atoms with Crippen LogP contribution in [0.2, 0.25) is 0 Å². The van der Waals surface area contributed by atoms with Gasteiger partial charge in [-0.2, -0.15) is 5.26 Å². The molecule has 0 spiro atoms. The van der Waals surface area contributed by atoms with E-state index in [1.54, 1.807) is 7.11 Å². The van der Waals surface area contributed by atoms with Gasteiger partial charge >= 0.3 is 0 Å². The van der Waals surface area contributed by atoms with Gasteiger partial charge < -0.3 is 10.1 Å². The van der Waals surface area contributed by atoms with E-state index in [0.717, 1.165) is 26.2 Å². The predicted molar refractivity (Wildman–Crippen MR) is 77.7 cm³/mol. The quantitative estimate of drug-likeness (QED) is 0.918. The molecule has 19 heavy (non-hydrogen) atoms. The zero-order valence-corrected chi connectivity index (χ0v) is 12.2. The van der Waals surface area contributed by atoms with Crippen LogP contribution in [0, 0.1) is 11.3 Å². The molecule has 0 radical (unpaired) electrons. The van der Waals surface area contributed by atoms with E-state index in [1.165, 1.54) is 5.56 Å². The number of nitrogens with zero attached hydrogens (tertiary/aromatic N) is 2. The number of nitriles is 1. The number of methoxy groups -OCH3 is 1. The fraction of sp³-hybridized carbons (Fsp3) is 0.500. The van der Waals surface area contributed by atoms with Crippen molar-refractivity contribution in [3.8, 4) is 11.8 Å². The van der Waals surface area contributed by atoms with E-state index < -0.39 is 0 Å². The number of benzene rings is 1. The molecule has 1 aliphatic rings. The van der Waals surface area contributed by atoms with Crippen LogP contribution in [-0.4, -0.2) is 37.7 Å². The number of rotatable bonds is 3. The lowest BCUT2D eigenvalue weighted by molar-refractivity contribution is 0.199.